The van der Waals surface area contributed by atoms with Crippen LogP contribution < -0.4 is 0 Å². The van der Waals surface area contributed by atoms with E-state index in [9.17, 15) is 4.79 Å². The van der Waals surface area contributed by atoms with Gasteiger partial charge in [-0.25, -0.2) is 15.0 Å². The van der Waals surface area contributed by atoms with Crippen LogP contribution in [0.15, 0.2) is 53.9 Å². The minimum atomic E-state index is -0.101. The van der Waals surface area contributed by atoms with Crippen LogP contribution in [-0.4, -0.2) is 58.7 Å². The van der Waals surface area contributed by atoms with Crippen molar-refractivity contribution < 1.29 is 4.79 Å². The monoisotopic (exact) mass is 443 g/mol. The van der Waals surface area contributed by atoms with E-state index in [1.54, 1.807) is 18.3 Å². The molecular formula is C22H23Cl2N5O. The summed E-state index contributed by atoms with van der Waals surface area (Å²) in [5, 5.41) is 1.08. The number of ketones is 1. The molecule has 0 spiro atoms. The number of nitrogens with zero attached hydrogens (tertiary/aromatic N) is 5. The number of guanidine groups is 1. The van der Waals surface area contributed by atoms with Crippen LogP contribution in [0.25, 0.3) is 11.3 Å². The van der Waals surface area contributed by atoms with Gasteiger partial charge >= 0.3 is 0 Å². The fraction of sp³-hybridized carbons (Fsp3) is 0.273. The van der Waals surface area contributed by atoms with Crippen molar-refractivity contribution in [1.82, 2.24) is 19.8 Å². The van der Waals surface area contributed by atoms with Gasteiger partial charge in [0.15, 0.2) is 5.78 Å². The predicted octanol–water partition coefficient (Wildman–Crippen LogP) is 4.42. The molecule has 0 saturated heterocycles. The first-order valence-electron chi connectivity index (χ1n) is 9.50. The zero-order chi connectivity index (χ0) is 21.7. The fourth-order valence-corrected chi connectivity index (χ4v) is 3.64. The third-order valence-corrected chi connectivity index (χ3v) is 5.36. The molecule has 1 aliphatic heterocycles. The summed E-state index contributed by atoms with van der Waals surface area (Å²) in [6, 6.07) is 7.38. The molecule has 0 radical (unpaired) electrons. The number of aliphatic imine (C=N–C) groups is 1. The zero-order valence-electron chi connectivity index (χ0n) is 17.1. The van der Waals surface area contributed by atoms with Gasteiger partial charge in [-0.05, 0) is 36.6 Å². The van der Waals surface area contributed by atoms with E-state index in [2.05, 4.69) is 20.9 Å². The Kier molecular flexibility index (Phi) is 7.24. The summed E-state index contributed by atoms with van der Waals surface area (Å²) in [7, 11) is 3.85. The smallest absolute Gasteiger partial charge is 0.201 e. The van der Waals surface area contributed by atoms with Crippen LogP contribution in [0, 0.1) is 0 Å². The molecule has 8 heteroatoms. The van der Waals surface area contributed by atoms with Crippen molar-refractivity contribution >= 4 is 46.2 Å². The Morgan fingerprint density at radius 3 is 2.73 bits per heavy atom. The molecule has 6 nitrogen and oxygen atoms in total. The molecule has 0 atom stereocenters. The third kappa shape index (κ3) is 5.26. The van der Waals surface area contributed by atoms with E-state index in [-0.39, 0.29) is 5.78 Å². The molecule has 1 aromatic heterocycles. The summed E-state index contributed by atoms with van der Waals surface area (Å²) in [5.41, 5.74) is 3.08. The van der Waals surface area contributed by atoms with Crippen LogP contribution in [0.3, 0.4) is 0 Å². The van der Waals surface area contributed by atoms with Crippen molar-refractivity contribution in [1.29, 1.82) is 0 Å². The van der Waals surface area contributed by atoms with E-state index < -0.39 is 0 Å². The molecule has 1 aliphatic rings. The highest BCUT2D eigenvalue weighted by Gasteiger charge is 2.22. The van der Waals surface area contributed by atoms with Crippen LogP contribution in [-0.2, 0) is 4.79 Å². The van der Waals surface area contributed by atoms with Gasteiger partial charge in [0.2, 0.25) is 5.96 Å². The minimum Gasteiger partial charge on any atom is -0.349 e. The lowest BCUT2D eigenvalue weighted by Gasteiger charge is -2.34. The summed E-state index contributed by atoms with van der Waals surface area (Å²) in [4.78, 5) is 28.9. The number of allylic oxidation sites excluding steroid dienone is 1. The van der Waals surface area contributed by atoms with Gasteiger partial charge in [0, 0.05) is 39.5 Å². The molecule has 0 unspecified atom stereocenters. The summed E-state index contributed by atoms with van der Waals surface area (Å²) in [6.07, 6.45) is 7.57. The second-order valence-electron chi connectivity index (χ2n) is 7.08. The Bertz CT molecular complexity index is 1020. The van der Waals surface area contributed by atoms with Crippen LogP contribution in [0.2, 0.25) is 10.0 Å². The number of aromatic nitrogens is 2. The van der Waals surface area contributed by atoms with Gasteiger partial charge in [-0.3, -0.25) is 4.79 Å². The Labute approximate surface area is 186 Å². The van der Waals surface area contributed by atoms with Gasteiger partial charge in [0.25, 0.3) is 0 Å². The largest absolute Gasteiger partial charge is 0.349 e. The van der Waals surface area contributed by atoms with E-state index in [0.717, 1.165) is 30.1 Å². The number of rotatable bonds is 4. The molecule has 0 amide bonds. The summed E-state index contributed by atoms with van der Waals surface area (Å²) in [5.74, 6) is 0.625. The molecule has 0 bridgehead atoms. The van der Waals surface area contributed by atoms with Crippen molar-refractivity contribution in [2.24, 2.45) is 4.99 Å². The van der Waals surface area contributed by atoms with E-state index in [1.165, 1.54) is 19.3 Å². The third-order valence-electron chi connectivity index (χ3n) is 4.54. The zero-order valence-corrected chi connectivity index (χ0v) is 18.7. The van der Waals surface area contributed by atoms with Crippen molar-refractivity contribution in [3.8, 4) is 0 Å². The molecule has 30 heavy (non-hydrogen) atoms. The summed E-state index contributed by atoms with van der Waals surface area (Å²) in [6.45, 7) is 2.90. The van der Waals surface area contributed by atoms with Gasteiger partial charge in [-0.15, -0.1) is 0 Å². The van der Waals surface area contributed by atoms with Gasteiger partial charge in [0.05, 0.1) is 21.4 Å². The summed E-state index contributed by atoms with van der Waals surface area (Å²) < 4.78 is 0. The normalized spacial score (nSPS) is 15.1. The van der Waals surface area contributed by atoms with Gasteiger partial charge in [-0.1, -0.05) is 41.4 Å². The molecule has 2 heterocycles. The van der Waals surface area contributed by atoms with Gasteiger partial charge in [-0.2, -0.15) is 0 Å². The topological polar surface area (TPSA) is 61.7 Å². The standard InChI is InChI=1S/C22H23Cl2N5O/c1-15(30)12-20(19-9-10-25-14-26-19)27-22(28(2)3)29-11-5-6-16(13-29)17-7-4-8-18(23)21(17)24/h4,6-10,12,14H,5,11,13H2,1-3H3/b20-12-,27-22?. The molecule has 0 N–H and O–H groups in total. The molecule has 0 aliphatic carbocycles. The van der Waals surface area contributed by atoms with Crippen molar-refractivity contribution in [2.45, 2.75) is 13.3 Å². The first-order valence-corrected chi connectivity index (χ1v) is 10.3. The maximum Gasteiger partial charge on any atom is 0.201 e. The predicted molar refractivity (Wildman–Crippen MR) is 122 cm³/mol. The second kappa shape index (κ2) is 9.87. The van der Waals surface area contributed by atoms with Crippen LogP contribution in [0.4, 0.5) is 0 Å². The van der Waals surface area contributed by atoms with E-state index in [4.69, 9.17) is 28.2 Å². The molecular weight excluding hydrogens is 421 g/mol. The molecule has 0 fully saturated rings. The number of halogens is 2. The Morgan fingerprint density at radius 2 is 2.07 bits per heavy atom. The molecule has 2 aromatic rings. The van der Waals surface area contributed by atoms with Gasteiger partial charge in [0.1, 0.15) is 6.33 Å². The van der Waals surface area contributed by atoms with Gasteiger partial charge < -0.3 is 9.80 Å². The molecule has 156 valence electrons. The lowest BCUT2D eigenvalue weighted by atomic mass is 10.0. The quantitative estimate of drug-likeness (QED) is 0.397. The number of carbonyl (C=O) groups excluding carboxylic acids is 1. The molecule has 0 saturated carbocycles. The molecule has 3 rings (SSSR count). The van der Waals surface area contributed by atoms with Crippen LogP contribution in [0.1, 0.15) is 24.6 Å². The van der Waals surface area contributed by atoms with Crippen LogP contribution in [0.5, 0.6) is 0 Å². The Morgan fingerprint density at radius 1 is 1.27 bits per heavy atom. The lowest BCUT2D eigenvalue weighted by molar-refractivity contribution is -0.112. The first kappa shape index (κ1) is 22.0. The van der Waals surface area contributed by atoms with Crippen molar-refractivity contribution in [3.05, 3.63) is 70.2 Å². The minimum absolute atomic E-state index is 0.101. The highest BCUT2D eigenvalue weighted by atomic mass is 35.5. The lowest BCUT2D eigenvalue weighted by Crippen LogP contribution is -2.43. The average molecular weight is 444 g/mol. The second-order valence-corrected chi connectivity index (χ2v) is 7.87. The maximum absolute atomic E-state index is 11.8. The van der Waals surface area contributed by atoms with E-state index >= 15 is 0 Å². The van der Waals surface area contributed by atoms with Crippen LogP contribution >= 0.6 is 23.2 Å². The SMILES string of the molecule is CC(=O)/C=C(\N=C(N(C)C)N1CCC=C(c2cccc(Cl)c2Cl)C1)c1ccncn1. The Balaban J connectivity index is 1.97. The van der Waals surface area contributed by atoms with E-state index in [0.29, 0.717) is 28.0 Å². The number of hydrogen-bond acceptors (Lipinski definition) is 4. The highest BCUT2D eigenvalue weighted by Crippen LogP contribution is 2.32. The average Bonchev–Trinajstić information content (AvgIpc) is 2.73. The fourth-order valence-electron chi connectivity index (χ4n) is 3.22. The number of hydrogen-bond donors (Lipinski definition) is 0. The molecule has 1 aromatic carbocycles. The highest BCUT2D eigenvalue weighted by molar-refractivity contribution is 6.43. The Hall–Kier alpha value is -2.70. The maximum atomic E-state index is 11.8. The number of benzene rings is 1. The van der Waals surface area contributed by atoms with Crippen molar-refractivity contribution in [3.63, 3.8) is 0 Å². The number of carbonyl (C=O) groups is 1. The first-order chi connectivity index (χ1) is 14.4. The van der Waals surface area contributed by atoms with E-state index in [1.807, 2.05) is 31.1 Å². The van der Waals surface area contributed by atoms with Crippen molar-refractivity contribution in [2.75, 3.05) is 27.2 Å². The summed E-state index contributed by atoms with van der Waals surface area (Å²) >= 11 is 12.7.